The first-order valence-electron chi connectivity index (χ1n) is 7.56. The van der Waals surface area contributed by atoms with E-state index in [1.807, 2.05) is 43.3 Å². The Morgan fingerprint density at radius 1 is 1.38 bits per heavy atom. The van der Waals surface area contributed by atoms with Gasteiger partial charge in [0, 0.05) is 24.1 Å². The lowest BCUT2D eigenvalue weighted by Crippen LogP contribution is -2.20. The average Bonchev–Trinajstić information content (AvgIpc) is 2.54. The Bertz CT molecular complexity index is 827. The highest BCUT2D eigenvalue weighted by molar-refractivity contribution is 5.72. The molecule has 0 saturated heterocycles. The second-order valence-corrected chi connectivity index (χ2v) is 5.86. The van der Waals surface area contributed by atoms with Crippen LogP contribution in [0.1, 0.15) is 16.7 Å². The van der Waals surface area contributed by atoms with Gasteiger partial charge in [-0.15, -0.1) is 0 Å². The first-order chi connectivity index (χ1) is 11.5. The molecule has 4 N–H and O–H groups in total. The second kappa shape index (κ2) is 6.26. The van der Waals surface area contributed by atoms with Crippen molar-refractivity contribution in [3.63, 3.8) is 0 Å². The van der Waals surface area contributed by atoms with Gasteiger partial charge in [-0.05, 0) is 20.2 Å². The minimum absolute atomic E-state index is 0.0724. The van der Waals surface area contributed by atoms with E-state index < -0.39 is 0 Å². The number of anilines is 2. The van der Waals surface area contributed by atoms with Crippen molar-refractivity contribution in [3.05, 3.63) is 34.9 Å². The van der Waals surface area contributed by atoms with Gasteiger partial charge in [0.2, 0.25) is 5.88 Å². The van der Waals surface area contributed by atoms with Gasteiger partial charge < -0.3 is 25.8 Å². The topological polar surface area (TPSA) is 110 Å². The number of rotatable bonds is 4. The van der Waals surface area contributed by atoms with Gasteiger partial charge in [0.05, 0.1) is 5.69 Å². The lowest BCUT2D eigenvalue weighted by molar-refractivity contribution is 0.252. The Kier molecular flexibility index (Phi) is 4.15. The molecule has 2 aromatic rings. The van der Waals surface area contributed by atoms with Crippen LogP contribution in [0.2, 0.25) is 0 Å². The van der Waals surface area contributed by atoms with Crippen LogP contribution in [-0.4, -0.2) is 37.1 Å². The Balaban J connectivity index is 1.94. The molecule has 3 rings (SSSR count). The lowest BCUT2D eigenvalue weighted by atomic mass is 9.99. The van der Waals surface area contributed by atoms with Gasteiger partial charge in [0.1, 0.15) is 24.1 Å². The maximum Gasteiger partial charge on any atom is 0.227 e. The van der Waals surface area contributed by atoms with Gasteiger partial charge in [0.15, 0.2) is 11.5 Å². The normalized spacial score (nSPS) is 12.1. The van der Waals surface area contributed by atoms with Crippen molar-refractivity contribution in [2.24, 2.45) is 0 Å². The molecule has 1 aromatic carbocycles. The Morgan fingerprint density at radius 3 is 2.88 bits per heavy atom. The van der Waals surface area contributed by atoms with Crippen LogP contribution in [-0.2, 0) is 6.42 Å². The molecule has 0 saturated carbocycles. The molecular weight excluding hydrogens is 306 g/mol. The fraction of sp³-hybridized carbons (Fsp3) is 0.294. The molecule has 2 heterocycles. The van der Waals surface area contributed by atoms with Crippen LogP contribution in [0.15, 0.2) is 18.2 Å². The summed E-state index contributed by atoms with van der Waals surface area (Å²) in [6.45, 7) is 1.34. The number of fused-ring (bicyclic) bond motifs is 2. The van der Waals surface area contributed by atoms with E-state index in [1.54, 1.807) is 0 Å². The van der Waals surface area contributed by atoms with Crippen molar-refractivity contribution in [1.29, 1.82) is 5.26 Å². The van der Waals surface area contributed by atoms with Gasteiger partial charge in [-0.1, -0.05) is 12.1 Å². The van der Waals surface area contributed by atoms with Crippen molar-refractivity contribution in [2.75, 3.05) is 38.7 Å². The molecule has 0 fully saturated rings. The number of likely N-dealkylation sites (N-methyl/N-ethyl adjacent to an activating group) is 1. The van der Waals surface area contributed by atoms with E-state index in [0.717, 1.165) is 12.1 Å². The van der Waals surface area contributed by atoms with E-state index in [9.17, 15) is 0 Å². The van der Waals surface area contributed by atoms with Crippen LogP contribution in [0.3, 0.4) is 0 Å². The summed E-state index contributed by atoms with van der Waals surface area (Å²) >= 11 is 0. The minimum atomic E-state index is 0.0724. The molecule has 124 valence electrons. The number of aromatic nitrogens is 1. The van der Waals surface area contributed by atoms with Crippen LogP contribution < -0.4 is 20.9 Å². The Labute approximate surface area is 140 Å². The fourth-order valence-electron chi connectivity index (χ4n) is 2.56. The number of nitrogens with two attached hydrogens (primary N) is 2. The van der Waals surface area contributed by atoms with Crippen LogP contribution >= 0.6 is 0 Å². The molecule has 1 aliphatic rings. The molecule has 0 amide bonds. The number of nitriles is 1. The van der Waals surface area contributed by atoms with Crippen molar-refractivity contribution < 1.29 is 9.47 Å². The summed E-state index contributed by atoms with van der Waals surface area (Å²) in [6.07, 6.45) is 0.517. The zero-order valence-electron chi connectivity index (χ0n) is 13.7. The van der Waals surface area contributed by atoms with Gasteiger partial charge in [-0.2, -0.15) is 10.2 Å². The lowest BCUT2D eigenvalue weighted by Gasteiger charge is -2.23. The van der Waals surface area contributed by atoms with Gasteiger partial charge in [0.25, 0.3) is 0 Å². The largest absolute Gasteiger partial charge is 0.488 e. The molecule has 7 nitrogen and oxygen atoms in total. The van der Waals surface area contributed by atoms with Crippen LogP contribution in [0.4, 0.5) is 11.5 Å². The summed E-state index contributed by atoms with van der Waals surface area (Å²) < 4.78 is 11.7. The molecule has 24 heavy (non-hydrogen) atoms. The maximum atomic E-state index is 9.17. The van der Waals surface area contributed by atoms with Gasteiger partial charge in [-0.3, -0.25) is 0 Å². The molecule has 0 radical (unpaired) electrons. The highest BCUT2D eigenvalue weighted by atomic mass is 16.5. The number of nitrogens with zero attached hydrogens (tertiary/aromatic N) is 3. The van der Waals surface area contributed by atoms with Crippen molar-refractivity contribution in [2.45, 2.75) is 6.42 Å². The predicted molar refractivity (Wildman–Crippen MR) is 91.1 cm³/mol. The zero-order chi connectivity index (χ0) is 17.3. The summed E-state index contributed by atoms with van der Waals surface area (Å²) in [5, 5.41) is 9.17. The molecule has 0 aliphatic carbocycles. The number of pyridine rings is 1. The van der Waals surface area contributed by atoms with E-state index in [0.29, 0.717) is 41.7 Å². The number of para-hydroxylation sites is 1. The van der Waals surface area contributed by atoms with Crippen LogP contribution in [0.5, 0.6) is 17.4 Å². The molecule has 1 aromatic heterocycles. The standard InChI is InChI=1S/C17H19N5O2/c1-22(2)6-7-23-13-5-3-4-10-8-11-14(19)12(9-18)16(20)21-17(11)24-15(10)13/h3-5H,6-8H2,1-2H3,(H4,19,20,21). The molecule has 0 unspecified atom stereocenters. The molecule has 0 atom stereocenters. The number of nitrogen functional groups attached to an aromatic ring is 2. The third kappa shape index (κ3) is 2.79. The maximum absolute atomic E-state index is 9.17. The minimum Gasteiger partial charge on any atom is -0.488 e. The Hall–Kier alpha value is -2.98. The fourth-order valence-corrected chi connectivity index (χ4v) is 2.56. The number of hydrogen-bond acceptors (Lipinski definition) is 7. The summed E-state index contributed by atoms with van der Waals surface area (Å²) in [7, 11) is 3.97. The smallest absolute Gasteiger partial charge is 0.227 e. The number of ether oxygens (including phenoxy) is 2. The highest BCUT2D eigenvalue weighted by Gasteiger charge is 2.26. The second-order valence-electron chi connectivity index (χ2n) is 5.86. The van der Waals surface area contributed by atoms with E-state index in [-0.39, 0.29) is 11.4 Å². The first-order valence-corrected chi connectivity index (χ1v) is 7.56. The Morgan fingerprint density at radius 2 is 2.17 bits per heavy atom. The first kappa shape index (κ1) is 15.9. The number of hydrogen-bond donors (Lipinski definition) is 2. The predicted octanol–water partition coefficient (Wildman–Crippen LogP) is 1.75. The van der Waals surface area contributed by atoms with Crippen molar-refractivity contribution in [1.82, 2.24) is 9.88 Å². The van der Waals surface area contributed by atoms with Gasteiger partial charge >= 0.3 is 0 Å². The third-order valence-electron chi connectivity index (χ3n) is 3.87. The highest BCUT2D eigenvalue weighted by Crippen LogP contribution is 2.44. The van der Waals surface area contributed by atoms with E-state index in [1.165, 1.54) is 0 Å². The summed E-state index contributed by atoms with van der Waals surface area (Å²) in [6, 6.07) is 7.70. The SMILES string of the molecule is CN(C)CCOc1cccc2c1Oc1nc(N)c(C#N)c(N)c1C2. The molecule has 0 spiro atoms. The van der Waals surface area contributed by atoms with Crippen LogP contribution in [0, 0.1) is 11.3 Å². The average molecular weight is 325 g/mol. The third-order valence-corrected chi connectivity index (χ3v) is 3.87. The van der Waals surface area contributed by atoms with E-state index in [2.05, 4.69) is 4.98 Å². The van der Waals surface area contributed by atoms with Gasteiger partial charge in [-0.25, -0.2) is 0 Å². The summed E-state index contributed by atoms with van der Waals surface area (Å²) in [4.78, 5) is 6.22. The number of benzene rings is 1. The quantitative estimate of drug-likeness (QED) is 0.752. The monoisotopic (exact) mass is 325 g/mol. The van der Waals surface area contributed by atoms with Crippen molar-refractivity contribution >= 4 is 11.5 Å². The summed E-state index contributed by atoms with van der Waals surface area (Å²) in [5.41, 5.74) is 14.0. The molecular formula is C17H19N5O2. The van der Waals surface area contributed by atoms with Crippen LogP contribution in [0.25, 0.3) is 0 Å². The molecule has 1 aliphatic heterocycles. The zero-order valence-corrected chi connectivity index (χ0v) is 13.7. The van der Waals surface area contributed by atoms with E-state index >= 15 is 0 Å². The molecule has 7 heteroatoms. The summed E-state index contributed by atoms with van der Waals surface area (Å²) in [5.74, 6) is 1.69. The molecule has 0 bridgehead atoms. The van der Waals surface area contributed by atoms with Crippen molar-refractivity contribution in [3.8, 4) is 23.4 Å². The van der Waals surface area contributed by atoms with E-state index in [4.69, 9.17) is 26.2 Å².